The predicted molar refractivity (Wildman–Crippen MR) is 100 cm³/mol. The van der Waals surface area contributed by atoms with Crippen molar-refractivity contribution in [2.75, 3.05) is 73.6 Å². The molecule has 0 saturated carbocycles. The van der Waals surface area contributed by atoms with E-state index < -0.39 is 0 Å². The summed E-state index contributed by atoms with van der Waals surface area (Å²) < 4.78 is 0. The van der Waals surface area contributed by atoms with E-state index in [2.05, 4.69) is 20.9 Å². The molecule has 8 heteroatoms. The van der Waals surface area contributed by atoms with Crippen molar-refractivity contribution in [1.82, 2.24) is 25.8 Å². The second kappa shape index (κ2) is 16.3. The Morgan fingerprint density at radius 2 is 1.52 bits per heavy atom. The number of nitrogens with one attached hydrogen (secondary N) is 3. The highest BCUT2D eigenvalue weighted by molar-refractivity contribution is 5.83. The van der Waals surface area contributed by atoms with Gasteiger partial charge in [-0.1, -0.05) is 0 Å². The van der Waals surface area contributed by atoms with Gasteiger partial charge < -0.3 is 26.0 Å². The molecule has 0 aromatic carbocycles. The monoisotopic (exact) mass is 359 g/mol. The van der Waals surface area contributed by atoms with Crippen LogP contribution in [0.3, 0.4) is 0 Å². The first-order chi connectivity index (χ1) is 12.1. The van der Waals surface area contributed by atoms with Crippen LogP contribution in [0.1, 0.15) is 25.7 Å². The molecule has 0 atom stereocenters. The van der Waals surface area contributed by atoms with Gasteiger partial charge in [0.25, 0.3) is 0 Å². The lowest BCUT2D eigenvalue weighted by Gasteiger charge is -2.34. The van der Waals surface area contributed by atoms with Crippen LogP contribution in [-0.4, -0.2) is 100 Å². The SMILES string of the molecule is CNCCCN1CCN(C(=O)CCC(=O)NC)CC1.CNCCCO. The largest absolute Gasteiger partial charge is 0.396 e. The minimum absolute atomic E-state index is 0.0703. The highest BCUT2D eigenvalue weighted by Gasteiger charge is 2.20. The maximum Gasteiger partial charge on any atom is 0.223 e. The molecule has 1 aliphatic rings. The van der Waals surface area contributed by atoms with Crippen LogP contribution in [0.4, 0.5) is 0 Å². The number of hydrogen-bond acceptors (Lipinski definition) is 6. The maximum absolute atomic E-state index is 11.9. The number of piperazine rings is 1. The second-order valence-electron chi connectivity index (χ2n) is 6.03. The first-order valence-corrected chi connectivity index (χ1v) is 9.19. The Balaban J connectivity index is 0.000000823. The van der Waals surface area contributed by atoms with Crippen molar-refractivity contribution in [2.24, 2.45) is 0 Å². The second-order valence-corrected chi connectivity index (χ2v) is 6.03. The summed E-state index contributed by atoms with van der Waals surface area (Å²) in [5, 5.41) is 16.7. The van der Waals surface area contributed by atoms with Crippen molar-refractivity contribution < 1.29 is 14.7 Å². The molecule has 0 radical (unpaired) electrons. The van der Waals surface area contributed by atoms with Crippen LogP contribution >= 0.6 is 0 Å². The van der Waals surface area contributed by atoms with E-state index in [4.69, 9.17) is 5.11 Å². The Kier molecular flexibility index (Phi) is 15.5. The molecular formula is C17H37N5O3. The molecule has 2 amide bonds. The third-order valence-electron chi connectivity index (χ3n) is 4.06. The molecule has 1 heterocycles. The summed E-state index contributed by atoms with van der Waals surface area (Å²) >= 11 is 0. The fraction of sp³-hybridized carbons (Fsp3) is 0.882. The van der Waals surface area contributed by atoms with Crippen LogP contribution in [0.15, 0.2) is 0 Å². The van der Waals surface area contributed by atoms with Gasteiger partial charge in [0.1, 0.15) is 0 Å². The van der Waals surface area contributed by atoms with Crippen LogP contribution in [0.25, 0.3) is 0 Å². The van der Waals surface area contributed by atoms with Crippen molar-refractivity contribution in [1.29, 1.82) is 0 Å². The van der Waals surface area contributed by atoms with Crippen LogP contribution in [0, 0.1) is 0 Å². The topological polar surface area (TPSA) is 96.9 Å². The molecule has 0 aromatic rings. The number of aliphatic hydroxyl groups excluding tert-OH is 1. The van der Waals surface area contributed by atoms with Crippen LogP contribution in [0.2, 0.25) is 0 Å². The third-order valence-corrected chi connectivity index (χ3v) is 4.06. The van der Waals surface area contributed by atoms with E-state index in [0.717, 1.165) is 58.7 Å². The van der Waals surface area contributed by atoms with E-state index in [1.165, 1.54) is 0 Å². The number of rotatable bonds is 10. The van der Waals surface area contributed by atoms with E-state index in [0.29, 0.717) is 13.0 Å². The van der Waals surface area contributed by atoms with Gasteiger partial charge in [0.05, 0.1) is 0 Å². The lowest BCUT2D eigenvalue weighted by molar-refractivity contribution is -0.135. The average molecular weight is 360 g/mol. The minimum Gasteiger partial charge on any atom is -0.396 e. The normalized spacial score (nSPS) is 14.6. The van der Waals surface area contributed by atoms with E-state index in [1.54, 1.807) is 7.05 Å². The van der Waals surface area contributed by atoms with Crippen LogP contribution < -0.4 is 16.0 Å². The molecule has 4 N–H and O–H groups in total. The molecule has 0 bridgehead atoms. The third kappa shape index (κ3) is 12.7. The number of aliphatic hydroxyl groups is 1. The van der Waals surface area contributed by atoms with Gasteiger partial charge in [-0.25, -0.2) is 0 Å². The Morgan fingerprint density at radius 1 is 0.920 bits per heavy atom. The number of carbonyl (C=O) groups excluding carboxylic acids is 2. The summed E-state index contributed by atoms with van der Waals surface area (Å²) in [4.78, 5) is 27.3. The van der Waals surface area contributed by atoms with Gasteiger partial charge in [-0.15, -0.1) is 0 Å². The smallest absolute Gasteiger partial charge is 0.223 e. The van der Waals surface area contributed by atoms with Crippen molar-refractivity contribution >= 4 is 11.8 Å². The van der Waals surface area contributed by atoms with Crippen LogP contribution in [0.5, 0.6) is 0 Å². The lowest BCUT2D eigenvalue weighted by atomic mass is 10.2. The van der Waals surface area contributed by atoms with E-state index in [-0.39, 0.29) is 18.2 Å². The van der Waals surface area contributed by atoms with E-state index >= 15 is 0 Å². The number of amides is 2. The average Bonchev–Trinajstić information content (AvgIpc) is 2.65. The van der Waals surface area contributed by atoms with Crippen molar-refractivity contribution in [3.8, 4) is 0 Å². The molecule has 1 aliphatic heterocycles. The Hall–Kier alpha value is -1.22. The van der Waals surface area contributed by atoms with Crippen molar-refractivity contribution in [2.45, 2.75) is 25.7 Å². The highest BCUT2D eigenvalue weighted by atomic mass is 16.3. The molecule has 1 rings (SSSR count). The van der Waals surface area contributed by atoms with E-state index in [9.17, 15) is 9.59 Å². The van der Waals surface area contributed by atoms with Crippen LogP contribution in [-0.2, 0) is 9.59 Å². The van der Waals surface area contributed by atoms with Crippen molar-refractivity contribution in [3.63, 3.8) is 0 Å². The number of hydrogen-bond donors (Lipinski definition) is 4. The van der Waals surface area contributed by atoms with Gasteiger partial charge >= 0.3 is 0 Å². The zero-order valence-corrected chi connectivity index (χ0v) is 16.1. The number of carbonyl (C=O) groups is 2. The first kappa shape index (κ1) is 23.8. The number of nitrogens with zero attached hydrogens (tertiary/aromatic N) is 2. The molecule has 25 heavy (non-hydrogen) atoms. The summed E-state index contributed by atoms with van der Waals surface area (Å²) in [7, 11) is 5.43. The summed E-state index contributed by atoms with van der Waals surface area (Å²) in [6, 6.07) is 0. The van der Waals surface area contributed by atoms with Gasteiger partial charge in [0.2, 0.25) is 11.8 Å². The van der Waals surface area contributed by atoms with Gasteiger partial charge in [-0.3, -0.25) is 14.5 Å². The molecule has 1 fully saturated rings. The molecular weight excluding hydrogens is 322 g/mol. The van der Waals surface area contributed by atoms with Crippen molar-refractivity contribution in [3.05, 3.63) is 0 Å². The standard InChI is InChI=1S/C13H26N4O2.C4H11NO/c1-14-6-3-7-16-8-10-17(11-9-16)13(19)5-4-12(18)15-2;1-5-3-2-4-6/h14H,3-11H2,1-2H3,(H,15,18);5-6H,2-4H2,1H3. The molecule has 148 valence electrons. The summed E-state index contributed by atoms with van der Waals surface area (Å²) in [5.74, 6) is 0.0255. The summed E-state index contributed by atoms with van der Waals surface area (Å²) in [5.41, 5.74) is 0. The zero-order chi connectivity index (χ0) is 18.9. The van der Waals surface area contributed by atoms with Gasteiger partial charge in [0.15, 0.2) is 0 Å². The molecule has 0 aliphatic carbocycles. The fourth-order valence-corrected chi connectivity index (χ4v) is 2.46. The Bertz CT molecular complexity index is 343. The van der Waals surface area contributed by atoms with Gasteiger partial charge in [-0.05, 0) is 46.6 Å². The molecule has 0 spiro atoms. The molecule has 8 nitrogen and oxygen atoms in total. The maximum atomic E-state index is 11.9. The summed E-state index contributed by atoms with van der Waals surface area (Å²) in [6.07, 6.45) is 2.61. The van der Waals surface area contributed by atoms with Gasteiger partial charge in [0, 0.05) is 52.7 Å². The molecule has 1 saturated heterocycles. The zero-order valence-electron chi connectivity index (χ0n) is 16.1. The lowest BCUT2D eigenvalue weighted by Crippen LogP contribution is -2.49. The quantitative estimate of drug-likeness (QED) is 0.368. The first-order valence-electron chi connectivity index (χ1n) is 9.19. The Labute approximate surface area is 152 Å². The fourth-order valence-electron chi connectivity index (χ4n) is 2.46. The highest BCUT2D eigenvalue weighted by Crippen LogP contribution is 2.05. The molecule has 0 aromatic heterocycles. The molecule has 0 unspecified atom stereocenters. The Morgan fingerprint density at radius 3 is 2.00 bits per heavy atom. The minimum atomic E-state index is -0.0703. The summed E-state index contributed by atoms with van der Waals surface area (Å²) in [6.45, 7) is 6.77. The van der Waals surface area contributed by atoms with E-state index in [1.807, 2.05) is 19.0 Å². The van der Waals surface area contributed by atoms with Gasteiger partial charge in [-0.2, -0.15) is 0 Å². The predicted octanol–water partition coefficient (Wildman–Crippen LogP) is -1.15.